The van der Waals surface area contributed by atoms with Gasteiger partial charge in [-0.3, -0.25) is 4.57 Å². The van der Waals surface area contributed by atoms with Crippen LogP contribution in [0.2, 0.25) is 0 Å². The number of aliphatic hydroxyl groups is 3. The highest BCUT2D eigenvalue weighted by Gasteiger charge is 2.44. The third kappa shape index (κ3) is 3.82. The van der Waals surface area contributed by atoms with Crippen molar-refractivity contribution in [3.05, 3.63) is 12.7 Å². The molecule has 5 N–H and O–H groups in total. The third-order valence-electron chi connectivity index (χ3n) is 4.21. The number of aromatic nitrogens is 4. The number of hydrogen-bond donors (Lipinski definition) is 4. The summed E-state index contributed by atoms with van der Waals surface area (Å²) in [5.41, 5.74) is 6.54. The highest BCUT2D eigenvalue weighted by atomic mass is 32.1. The molecule has 0 aromatic carbocycles. The number of nitrogens with two attached hydrogens (primary N) is 1. The van der Waals surface area contributed by atoms with Gasteiger partial charge in [0.25, 0.3) is 0 Å². The van der Waals surface area contributed by atoms with Gasteiger partial charge >= 0.3 is 0 Å². The lowest BCUT2D eigenvalue weighted by molar-refractivity contribution is -0.0760. The van der Waals surface area contributed by atoms with Crippen molar-refractivity contribution in [3.8, 4) is 0 Å². The van der Waals surface area contributed by atoms with E-state index in [2.05, 4.69) is 15.0 Å². The van der Waals surface area contributed by atoms with E-state index in [0.717, 1.165) is 0 Å². The van der Waals surface area contributed by atoms with Gasteiger partial charge < -0.3 is 30.5 Å². The van der Waals surface area contributed by atoms with E-state index in [1.54, 1.807) is 5.37 Å². The molecular formula is C15H21N5O5S. The van der Waals surface area contributed by atoms with Crippen LogP contribution in [0.3, 0.4) is 0 Å². The van der Waals surface area contributed by atoms with E-state index in [9.17, 15) is 15.3 Å². The zero-order chi connectivity index (χ0) is 18.7. The number of imidazole rings is 1. The first-order chi connectivity index (χ1) is 12.5. The van der Waals surface area contributed by atoms with Gasteiger partial charge in [0.15, 0.2) is 17.7 Å². The summed E-state index contributed by atoms with van der Waals surface area (Å²) in [5.74, 6) is 0.215. The molecule has 3 heterocycles. The van der Waals surface area contributed by atoms with Gasteiger partial charge in [0.05, 0.1) is 25.6 Å². The second kappa shape index (κ2) is 8.29. The van der Waals surface area contributed by atoms with Gasteiger partial charge in [-0.05, 0) is 18.2 Å². The summed E-state index contributed by atoms with van der Waals surface area (Å²) in [5, 5.41) is 31.9. The maximum atomic E-state index is 10.3. The molecule has 1 saturated heterocycles. The number of nitrogens with zero attached hydrogens (tertiary/aromatic N) is 4. The van der Waals surface area contributed by atoms with Crippen LogP contribution >= 0.6 is 12.2 Å². The fourth-order valence-corrected chi connectivity index (χ4v) is 2.95. The van der Waals surface area contributed by atoms with Gasteiger partial charge in [-0.15, -0.1) is 0 Å². The highest BCUT2D eigenvalue weighted by Crippen LogP contribution is 2.32. The molecule has 10 nitrogen and oxygen atoms in total. The molecule has 5 atom stereocenters. The highest BCUT2D eigenvalue weighted by molar-refractivity contribution is 7.78. The van der Waals surface area contributed by atoms with Gasteiger partial charge in [-0.25, -0.2) is 15.0 Å². The van der Waals surface area contributed by atoms with Crippen LogP contribution in [0.4, 0.5) is 5.82 Å². The largest absolute Gasteiger partial charge is 0.391 e. The summed E-state index contributed by atoms with van der Waals surface area (Å²) in [7, 11) is 0. The molecule has 0 bridgehead atoms. The normalized spacial score (nSPS) is 27.0. The smallest absolute Gasteiger partial charge is 0.167 e. The Morgan fingerprint density at radius 3 is 2.92 bits per heavy atom. The predicted octanol–water partition coefficient (Wildman–Crippen LogP) is -0.815. The monoisotopic (exact) mass is 383 g/mol. The molecule has 1 unspecified atom stereocenters. The van der Waals surface area contributed by atoms with Crippen LogP contribution in [0, 0.1) is 0 Å². The Bertz CT molecular complexity index is 759. The molecule has 1 aliphatic rings. The van der Waals surface area contributed by atoms with Crippen molar-refractivity contribution in [3.63, 3.8) is 0 Å². The van der Waals surface area contributed by atoms with Crippen LogP contribution in [0.25, 0.3) is 11.2 Å². The molecule has 26 heavy (non-hydrogen) atoms. The molecule has 0 radical (unpaired) electrons. The third-order valence-corrected chi connectivity index (χ3v) is 4.44. The molecule has 2 aromatic heterocycles. The van der Waals surface area contributed by atoms with E-state index in [1.807, 2.05) is 0 Å². The van der Waals surface area contributed by atoms with Gasteiger partial charge in [-0.1, -0.05) is 12.2 Å². The standard InChI is InChI=1S/C15H21N5O5S/c16-13-10-14(18-6-17-13)20(7-19-10)15-12(23)11(22)9(25-15)5-24-4-8(21)2-1-3-26/h3,6-9,11-12,15,21-23H,1-2,4-5H2,(H2,16,17,18)/t8?,9-,11-,12-,15-/m1/s1. The Morgan fingerprint density at radius 2 is 2.15 bits per heavy atom. The van der Waals surface area contributed by atoms with E-state index in [4.69, 9.17) is 27.4 Å². The van der Waals surface area contributed by atoms with Gasteiger partial charge in [0, 0.05) is 0 Å². The van der Waals surface area contributed by atoms with Crippen molar-refractivity contribution < 1.29 is 24.8 Å². The number of ether oxygens (including phenoxy) is 2. The van der Waals surface area contributed by atoms with Crippen LogP contribution in [-0.2, 0) is 9.47 Å². The summed E-state index contributed by atoms with van der Waals surface area (Å²) in [4.78, 5) is 12.1. The molecule has 1 fully saturated rings. The molecule has 1 aliphatic heterocycles. The average molecular weight is 383 g/mol. The van der Waals surface area contributed by atoms with Crippen LogP contribution in [0.5, 0.6) is 0 Å². The Labute approximate surface area is 154 Å². The summed E-state index contributed by atoms with van der Waals surface area (Å²) >= 11 is 4.71. The first-order valence-corrected chi connectivity index (χ1v) is 8.64. The van der Waals surface area contributed by atoms with Crippen LogP contribution in [0.15, 0.2) is 12.7 Å². The van der Waals surface area contributed by atoms with Gasteiger partial charge in [0.2, 0.25) is 0 Å². The second-order valence-corrected chi connectivity index (χ2v) is 6.40. The van der Waals surface area contributed by atoms with Crippen molar-refractivity contribution in [2.45, 2.75) is 43.5 Å². The summed E-state index contributed by atoms with van der Waals surface area (Å²) < 4.78 is 12.6. The molecule has 0 amide bonds. The van der Waals surface area contributed by atoms with E-state index in [0.29, 0.717) is 24.0 Å². The molecule has 0 spiro atoms. The Morgan fingerprint density at radius 1 is 1.35 bits per heavy atom. The van der Waals surface area contributed by atoms with E-state index >= 15 is 0 Å². The maximum Gasteiger partial charge on any atom is 0.167 e. The maximum absolute atomic E-state index is 10.3. The van der Waals surface area contributed by atoms with E-state index in [-0.39, 0.29) is 19.0 Å². The lowest BCUT2D eigenvalue weighted by atomic mass is 10.1. The van der Waals surface area contributed by atoms with Crippen molar-refractivity contribution in [1.29, 1.82) is 0 Å². The van der Waals surface area contributed by atoms with Crippen molar-refractivity contribution >= 4 is 34.6 Å². The Balaban J connectivity index is 1.64. The molecular weight excluding hydrogens is 362 g/mol. The van der Waals surface area contributed by atoms with Crippen LogP contribution < -0.4 is 5.73 Å². The number of nitrogen functional groups attached to an aromatic ring is 1. The first kappa shape index (κ1) is 19.0. The van der Waals surface area contributed by atoms with Gasteiger partial charge in [0.1, 0.15) is 30.2 Å². The molecule has 142 valence electrons. The fourth-order valence-electron chi connectivity index (χ4n) is 2.82. The number of thiocarbonyl (C=S) groups is 1. The predicted molar refractivity (Wildman–Crippen MR) is 95.4 cm³/mol. The minimum Gasteiger partial charge on any atom is -0.391 e. The number of rotatable bonds is 8. The molecule has 0 saturated carbocycles. The number of anilines is 1. The summed E-state index contributed by atoms with van der Waals surface area (Å²) in [6.45, 7) is 0.113. The van der Waals surface area contributed by atoms with E-state index < -0.39 is 30.6 Å². The Kier molecular flexibility index (Phi) is 6.06. The van der Waals surface area contributed by atoms with Gasteiger partial charge in [-0.2, -0.15) is 0 Å². The van der Waals surface area contributed by atoms with Crippen molar-refractivity contribution in [2.24, 2.45) is 0 Å². The molecule has 2 aromatic rings. The summed E-state index contributed by atoms with van der Waals surface area (Å²) in [6, 6.07) is 0. The number of hydrogen-bond acceptors (Lipinski definition) is 10. The quantitative estimate of drug-likeness (QED) is 0.426. The minimum absolute atomic E-state index is 0.0210. The second-order valence-electron chi connectivity index (χ2n) is 6.06. The van der Waals surface area contributed by atoms with E-state index in [1.165, 1.54) is 17.2 Å². The number of aliphatic hydroxyl groups excluding tert-OH is 3. The minimum atomic E-state index is -1.20. The molecule has 11 heteroatoms. The van der Waals surface area contributed by atoms with Crippen molar-refractivity contribution in [1.82, 2.24) is 19.5 Å². The SMILES string of the molecule is Nc1ncnc2c1ncn2[C@@H]1O[C@H](COCC(O)CCC=S)[C@@H](O)[C@H]1O. The lowest BCUT2D eigenvalue weighted by Crippen LogP contribution is -2.34. The summed E-state index contributed by atoms with van der Waals surface area (Å²) in [6.07, 6.45) is -0.823. The van der Waals surface area contributed by atoms with Crippen LogP contribution in [0.1, 0.15) is 19.1 Å². The zero-order valence-corrected chi connectivity index (χ0v) is 14.7. The molecule has 0 aliphatic carbocycles. The fraction of sp³-hybridized carbons (Fsp3) is 0.600. The van der Waals surface area contributed by atoms with Crippen LogP contribution in [-0.4, -0.2) is 77.8 Å². The average Bonchev–Trinajstić information content (AvgIpc) is 3.17. The topological polar surface area (TPSA) is 149 Å². The molecule has 3 rings (SSSR count). The zero-order valence-electron chi connectivity index (χ0n) is 13.9. The lowest BCUT2D eigenvalue weighted by Gasteiger charge is -2.17. The Hall–Kier alpha value is -1.76. The first-order valence-electron chi connectivity index (χ1n) is 8.17. The van der Waals surface area contributed by atoms with Crippen molar-refractivity contribution in [2.75, 3.05) is 18.9 Å². The number of fused-ring (bicyclic) bond motifs is 1.